The average molecular weight is 363 g/mol. The maximum atomic E-state index is 12.1. The standard InChI is InChI=1S/C16H23ClO5S/c1-5-16(4,6-2)15(18)21-11-12(3)22-23(19,20)14-9-7-13(17)8-10-14/h7-10,12H,5-6,11H2,1-4H3. The minimum Gasteiger partial charge on any atom is -0.462 e. The van der Waals surface area contributed by atoms with Crippen LogP contribution in [0.5, 0.6) is 0 Å². The second kappa shape index (κ2) is 8.13. The smallest absolute Gasteiger partial charge is 0.311 e. The van der Waals surface area contributed by atoms with Crippen LogP contribution in [-0.4, -0.2) is 27.1 Å². The number of rotatable bonds is 8. The van der Waals surface area contributed by atoms with E-state index in [0.717, 1.165) is 0 Å². The van der Waals surface area contributed by atoms with E-state index < -0.39 is 21.6 Å². The molecule has 0 bridgehead atoms. The van der Waals surface area contributed by atoms with E-state index in [0.29, 0.717) is 17.9 Å². The third-order valence-corrected chi connectivity index (χ3v) is 5.58. The van der Waals surface area contributed by atoms with Crippen LogP contribution in [0.25, 0.3) is 0 Å². The molecule has 0 saturated carbocycles. The monoisotopic (exact) mass is 362 g/mol. The minimum atomic E-state index is -3.92. The number of hydrogen-bond donors (Lipinski definition) is 0. The molecule has 0 radical (unpaired) electrons. The Bertz CT molecular complexity index is 620. The lowest BCUT2D eigenvalue weighted by Gasteiger charge is -2.25. The third-order valence-electron chi connectivity index (χ3n) is 3.90. The lowest BCUT2D eigenvalue weighted by Crippen LogP contribution is -2.31. The van der Waals surface area contributed by atoms with Gasteiger partial charge in [0.25, 0.3) is 10.1 Å². The van der Waals surface area contributed by atoms with Crippen molar-refractivity contribution < 1.29 is 22.1 Å². The molecule has 23 heavy (non-hydrogen) atoms. The third kappa shape index (κ3) is 5.48. The average Bonchev–Trinajstić information content (AvgIpc) is 2.51. The van der Waals surface area contributed by atoms with Crippen LogP contribution >= 0.6 is 11.6 Å². The highest BCUT2D eigenvalue weighted by atomic mass is 35.5. The summed E-state index contributed by atoms with van der Waals surface area (Å²) in [5.41, 5.74) is -0.561. The van der Waals surface area contributed by atoms with E-state index in [1.807, 2.05) is 20.8 Å². The Morgan fingerprint density at radius 3 is 2.22 bits per heavy atom. The van der Waals surface area contributed by atoms with Gasteiger partial charge in [0.15, 0.2) is 0 Å². The van der Waals surface area contributed by atoms with Crippen molar-refractivity contribution >= 4 is 27.7 Å². The maximum Gasteiger partial charge on any atom is 0.311 e. The normalized spacial score (nSPS) is 13.6. The van der Waals surface area contributed by atoms with Gasteiger partial charge < -0.3 is 4.74 Å². The molecule has 0 fully saturated rings. The highest BCUT2D eigenvalue weighted by molar-refractivity contribution is 7.86. The van der Waals surface area contributed by atoms with Gasteiger partial charge in [-0.05, 0) is 51.0 Å². The van der Waals surface area contributed by atoms with Crippen LogP contribution in [0.4, 0.5) is 0 Å². The van der Waals surface area contributed by atoms with Gasteiger partial charge >= 0.3 is 5.97 Å². The van der Waals surface area contributed by atoms with Gasteiger partial charge in [-0.2, -0.15) is 8.42 Å². The molecule has 5 nitrogen and oxygen atoms in total. The molecule has 0 aliphatic carbocycles. The molecule has 7 heteroatoms. The molecular formula is C16H23ClO5S. The van der Waals surface area contributed by atoms with Crippen LogP contribution in [0.3, 0.4) is 0 Å². The molecule has 0 amide bonds. The number of halogens is 1. The number of hydrogen-bond acceptors (Lipinski definition) is 5. The van der Waals surface area contributed by atoms with Crippen LogP contribution in [0.2, 0.25) is 5.02 Å². The lowest BCUT2D eigenvalue weighted by molar-refractivity contribution is -0.157. The Labute approximate surface area is 143 Å². The maximum absolute atomic E-state index is 12.1. The van der Waals surface area contributed by atoms with Gasteiger partial charge in [0.1, 0.15) is 12.7 Å². The quantitative estimate of drug-likeness (QED) is 0.519. The molecule has 0 saturated heterocycles. The van der Waals surface area contributed by atoms with Crippen LogP contribution in [0.15, 0.2) is 29.2 Å². The number of carbonyl (C=O) groups excluding carboxylic acids is 1. The van der Waals surface area contributed by atoms with Gasteiger partial charge in [0.2, 0.25) is 0 Å². The van der Waals surface area contributed by atoms with E-state index in [-0.39, 0.29) is 17.5 Å². The fraction of sp³-hybridized carbons (Fsp3) is 0.562. The molecule has 0 spiro atoms. The summed E-state index contributed by atoms with van der Waals surface area (Å²) in [6.45, 7) is 7.06. The van der Waals surface area contributed by atoms with Crippen LogP contribution in [0.1, 0.15) is 40.5 Å². The zero-order valence-corrected chi connectivity index (χ0v) is 15.4. The zero-order valence-electron chi connectivity index (χ0n) is 13.8. The molecule has 0 aromatic heterocycles. The fourth-order valence-corrected chi connectivity index (χ4v) is 3.00. The summed E-state index contributed by atoms with van der Waals surface area (Å²) < 4.78 is 34.5. The molecule has 0 heterocycles. The molecule has 0 N–H and O–H groups in total. The summed E-state index contributed by atoms with van der Waals surface area (Å²) in [6, 6.07) is 5.66. The number of carbonyl (C=O) groups is 1. The van der Waals surface area contributed by atoms with Gasteiger partial charge in [-0.3, -0.25) is 8.98 Å². The van der Waals surface area contributed by atoms with Gasteiger partial charge in [0.05, 0.1) is 10.3 Å². The molecule has 1 rings (SSSR count). The van der Waals surface area contributed by atoms with E-state index in [1.165, 1.54) is 31.2 Å². The molecule has 1 unspecified atom stereocenters. The second-order valence-corrected chi connectivity index (χ2v) is 7.69. The van der Waals surface area contributed by atoms with Gasteiger partial charge in [-0.15, -0.1) is 0 Å². The minimum absolute atomic E-state index is 0.00651. The van der Waals surface area contributed by atoms with Crippen molar-refractivity contribution in [3.8, 4) is 0 Å². The molecule has 0 aliphatic heterocycles. The van der Waals surface area contributed by atoms with Gasteiger partial charge in [0, 0.05) is 5.02 Å². The van der Waals surface area contributed by atoms with E-state index in [9.17, 15) is 13.2 Å². The molecular weight excluding hydrogens is 340 g/mol. The number of esters is 1. The summed E-state index contributed by atoms with van der Waals surface area (Å²) >= 11 is 5.73. The second-order valence-electron chi connectivity index (χ2n) is 5.68. The summed E-state index contributed by atoms with van der Waals surface area (Å²) in [4.78, 5) is 12.1. The Hall–Kier alpha value is -1.11. The molecule has 0 aliphatic rings. The molecule has 1 atom stereocenters. The van der Waals surface area contributed by atoms with Crippen molar-refractivity contribution in [3.63, 3.8) is 0 Å². The summed E-state index contributed by atoms with van der Waals surface area (Å²) in [5, 5.41) is 0.435. The van der Waals surface area contributed by atoms with Gasteiger partial charge in [-0.25, -0.2) is 0 Å². The Kier molecular flexibility index (Phi) is 7.04. The zero-order chi connectivity index (χ0) is 17.7. The summed E-state index contributed by atoms with van der Waals surface area (Å²) in [5.74, 6) is -0.346. The van der Waals surface area contributed by atoms with E-state index in [4.69, 9.17) is 20.5 Å². The van der Waals surface area contributed by atoms with E-state index in [1.54, 1.807) is 0 Å². The summed E-state index contributed by atoms with van der Waals surface area (Å²) in [6.07, 6.45) is 0.527. The van der Waals surface area contributed by atoms with Gasteiger partial charge in [-0.1, -0.05) is 25.4 Å². The van der Waals surface area contributed by atoms with Crippen molar-refractivity contribution in [1.29, 1.82) is 0 Å². The van der Waals surface area contributed by atoms with E-state index in [2.05, 4.69) is 0 Å². The Morgan fingerprint density at radius 1 is 1.22 bits per heavy atom. The molecule has 1 aromatic rings. The first-order valence-electron chi connectivity index (χ1n) is 7.50. The first-order chi connectivity index (χ1) is 10.6. The van der Waals surface area contributed by atoms with Crippen LogP contribution in [0, 0.1) is 5.41 Å². The lowest BCUT2D eigenvalue weighted by atomic mass is 9.85. The number of benzene rings is 1. The molecule has 130 valence electrons. The summed E-state index contributed by atoms with van der Waals surface area (Å²) in [7, 11) is -3.92. The first kappa shape index (κ1) is 19.9. The van der Waals surface area contributed by atoms with Crippen molar-refractivity contribution in [2.45, 2.75) is 51.5 Å². The van der Waals surface area contributed by atoms with Crippen LogP contribution < -0.4 is 0 Å². The van der Waals surface area contributed by atoms with Crippen molar-refractivity contribution in [1.82, 2.24) is 0 Å². The predicted octanol–water partition coefficient (Wildman–Crippen LogP) is 3.80. The van der Waals surface area contributed by atoms with Crippen molar-refractivity contribution in [2.24, 2.45) is 5.41 Å². The van der Waals surface area contributed by atoms with E-state index >= 15 is 0 Å². The Morgan fingerprint density at radius 2 is 1.74 bits per heavy atom. The largest absolute Gasteiger partial charge is 0.462 e. The Balaban J connectivity index is 2.64. The first-order valence-corrected chi connectivity index (χ1v) is 9.29. The molecule has 1 aromatic carbocycles. The number of ether oxygens (including phenoxy) is 1. The van der Waals surface area contributed by atoms with Crippen molar-refractivity contribution in [2.75, 3.05) is 6.61 Å². The topological polar surface area (TPSA) is 69.7 Å². The fourth-order valence-electron chi connectivity index (χ4n) is 1.81. The van der Waals surface area contributed by atoms with Crippen LogP contribution in [-0.2, 0) is 23.8 Å². The SMILES string of the molecule is CCC(C)(CC)C(=O)OCC(C)OS(=O)(=O)c1ccc(Cl)cc1. The predicted molar refractivity (Wildman–Crippen MR) is 88.8 cm³/mol. The van der Waals surface area contributed by atoms with Crippen molar-refractivity contribution in [3.05, 3.63) is 29.3 Å². The highest BCUT2D eigenvalue weighted by Gasteiger charge is 2.31. The highest BCUT2D eigenvalue weighted by Crippen LogP contribution is 2.27.